The van der Waals surface area contributed by atoms with Gasteiger partial charge < -0.3 is 9.84 Å². The molecule has 1 aromatic heterocycles. The molecule has 6 heteroatoms. The van der Waals surface area contributed by atoms with Crippen LogP contribution in [0.2, 0.25) is 0 Å². The highest BCUT2D eigenvalue weighted by molar-refractivity contribution is 5.80. The number of aromatic nitrogens is 1. The molecule has 28 heavy (non-hydrogen) atoms. The molecule has 2 heterocycles. The van der Waals surface area contributed by atoms with Gasteiger partial charge in [-0.2, -0.15) is 0 Å². The molecule has 1 saturated heterocycles. The van der Waals surface area contributed by atoms with Gasteiger partial charge in [-0.1, -0.05) is 30.7 Å². The minimum atomic E-state index is -2.76. The van der Waals surface area contributed by atoms with Gasteiger partial charge in [0.05, 0.1) is 5.69 Å². The molecule has 1 N–H and O–H groups in total. The maximum atomic E-state index is 13.8. The summed E-state index contributed by atoms with van der Waals surface area (Å²) in [7, 11) is 0. The van der Waals surface area contributed by atoms with E-state index in [1.165, 1.54) is 12.1 Å². The fraction of sp³-hybridized carbons (Fsp3) is 0.500. The first kappa shape index (κ1) is 19.2. The molecule has 4 rings (SSSR count). The van der Waals surface area contributed by atoms with Crippen molar-refractivity contribution in [3.05, 3.63) is 53.5 Å². The monoisotopic (exact) mass is 390 g/mol. The van der Waals surface area contributed by atoms with Crippen molar-refractivity contribution >= 4 is 11.0 Å². The quantitative estimate of drug-likeness (QED) is 0.722. The highest BCUT2D eigenvalue weighted by atomic mass is 19.3. The van der Waals surface area contributed by atoms with Crippen molar-refractivity contribution in [2.75, 3.05) is 13.1 Å². The predicted molar refractivity (Wildman–Crippen MR) is 103 cm³/mol. The average Bonchev–Trinajstić information content (AvgIpc) is 3.09. The number of piperidine rings is 1. The molecule has 3 atom stereocenters. The third-order valence-electron chi connectivity index (χ3n) is 6.01. The van der Waals surface area contributed by atoms with E-state index in [9.17, 15) is 13.2 Å². The molecule has 2 aliphatic rings. The standard InChI is InChI=1S/C22H25F3N2O/c1-2-3-16(14-6-9-22(24,25)10-7-14)19-13-26-11-8-17(19)21-18-12-15(23)4-5-20(18)28-27-21/h4-7,9,12,16-17,19,26H,2-3,8,10-11,13H2,1H3. The zero-order chi connectivity index (χ0) is 19.7. The van der Waals surface area contributed by atoms with Crippen LogP contribution in [-0.4, -0.2) is 24.2 Å². The van der Waals surface area contributed by atoms with Crippen molar-refractivity contribution in [1.82, 2.24) is 10.5 Å². The number of fused-ring (bicyclic) bond motifs is 1. The number of nitrogens with zero attached hydrogens (tertiary/aromatic N) is 1. The van der Waals surface area contributed by atoms with E-state index >= 15 is 0 Å². The van der Waals surface area contributed by atoms with E-state index in [2.05, 4.69) is 17.4 Å². The first-order valence-electron chi connectivity index (χ1n) is 10.0. The molecule has 2 aromatic rings. The average molecular weight is 390 g/mol. The molecule has 1 fully saturated rings. The van der Waals surface area contributed by atoms with E-state index < -0.39 is 5.92 Å². The lowest BCUT2D eigenvalue weighted by atomic mass is 9.70. The van der Waals surface area contributed by atoms with Crippen LogP contribution in [0.4, 0.5) is 13.2 Å². The molecule has 0 bridgehead atoms. The second-order valence-corrected chi connectivity index (χ2v) is 7.87. The molecule has 1 aromatic carbocycles. The van der Waals surface area contributed by atoms with Gasteiger partial charge in [-0.25, -0.2) is 13.2 Å². The highest BCUT2D eigenvalue weighted by Gasteiger charge is 2.37. The van der Waals surface area contributed by atoms with E-state index in [0.29, 0.717) is 11.0 Å². The third-order valence-corrected chi connectivity index (χ3v) is 6.01. The van der Waals surface area contributed by atoms with Gasteiger partial charge in [0, 0.05) is 17.7 Å². The molecule has 3 unspecified atom stereocenters. The van der Waals surface area contributed by atoms with Crippen LogP contribution in [0.5, 0.6) is 0 Å². The molecule has 1 aliphatic carbocycles. The summed E-state index contributed by atoms with van der Waals surface area (Å²) in [5, 5.41) is 8.46. The third kappa shape index (κ3) is 3.75. The molecule has 3 nitrogen and oxygen atoms in total. The van der Waals surface area contributed by atoms with Crippen LogP contribution in [0.1, 0.15) is 44.2 Å². The SMILES string of the molecule is CCCC(C1=CCC(F)(F)C=C1)C1CNCCC1c1noc2ccc(F)cc12. The van der Waals surface area contributed by atoms with Crippen LogP contribution in [0, 0.1) is 17.7 Å². The Morgan fingerprint density at radius 3 is 2.96 bits per heavy atom. The van der Waals surface area contributed by atoms with E-state index in [-0.39, 0.29) is 30.0 Å². The zero-order valence-corrected chi connectivity index (χ0v) is 15.9. The summed E-state index contributed by atoms with van der Waals surface area (Å²) >= 11 is 0. The molecule has 150 valence electrons. The van der Waals surface area contributed by atoms with Crippen molar-refractivity contribution in [2.45, 2.75) is 44.4 Å². The molecular formula is C22H25F3N2O. The van der Waals surface area contributed by atoms with Gasteiger partial charge in [-0.15, -0.1) is 0 Å². The zero-order valence-electron chi connectivity index (χ0n) is 15.9. The number of hydrogen-bond donors (Lipinski definition) is 1. The number of alkyl halides is 2. The summed E-state index contributed by atoms with van der Waals surface area (Å²) in [5.41, 5.74) is 2.34. The van der Waals surface area contributed by atoms with Gasteiger partial charge >= 0.3 is 0 Å². The summed E-state index contributed by atoms with van der Waals surface area (Å²) in [6, 6.07) is 4.46. The summed E-state index contributed by atoms with van der Waals surface area (Å²) in [4.78, 5) is 0. The van der Waals surface area contributed by atoms with E-state index in [0.717, 1.165) is 49.7 Å². The van der Waals surface area contributed by atoms with Crippen molar-refractivity contribution in [3.63, 3.8) is 0 Å². The van der Waals surface area contributed by atoms with Crippen LogP contribution >= 0.6 is 0 Å². The summed E-state index contributed by atoms with van der Waals surface area (Å²) < 4.78 is 46.4. The topological polar surface area (TPSA) is 38.1 Å². The lowest BCUT2D eigenvalue weighted by molar-refractivity contribution is 0.0564. The molecular weight excluding hydrogens is 365 g/mol. The normalized spacial score (nSPS) is 25.6. The van der Waals surface area contributed by atoms with Crippen molar-refractivity contribution in [1.29, 1.82) is 0 Å². The van der Waals surface area contributed by atoms with Gasteiger partial charge in [-0.3, -0.25) is 0 Å². The summed E-state index contributed by atoms with van der Waals surface area (Å²) in [5.74, 6) is -2.64. The Hall–Kier alpha value is -2.08. The summed E-state index contributed by atoms with van der Waals surface area (Å²) in [6.07, 6.45) is 6.79. The number of benzene rings is 1. The van der Waals surface area contributed by atoms with Gasteiger partial charge in [0.25, 0.3) is 5.92 Å². The van der Waals surface area contributed by atoms with Gasteiger partial charge in [0.1, 0.15) is 5.82 Å². The fourth-order valence-electron chi connectivity index (χ4n) is 4.66. The molecule has 0 spiro atoms. The molecule has 0 radical (unpaired) electrons. The Morgan fingerprint density at radius 2 is 2.21 bits per heavy atom. The summed E-state index contributed by atoms with van der Waals surface area (Å²) in [6.45, 7) is 3.73. The van der Waals surface area contributed by atoms with E-state index in [1.807, 2.05) is 0 Å². The van der Waals surface area contributed by atoms with Crippen LogP contribution in [-0.2, 0) is 0 Å². The van der Waals surface area contributed by atoms with Crippen LogP contribution < -0.4 is 5.32 Å². The molecule has 1 aliphatic heterocycles. The van der Waals surface area contributed by atoms with Gasteiger partial charge in [0.2, 0.25) is 0 Å². The van der Waals surface area contributed by atoms with Crippen LogP contribution in [0.25, 0.3) is 11.0 Å². The van der Waals surface area contributed by atoms with Crippen molar-refractivity contribution < 1.29 is 17.7 Å². The highest BCUT2D eigenvalue weighted by Crippen LogP contribution is 2.43. The second kappa shape index (κ2) is 7.74. The Morgan fingerprint density at radius 1 is 1.36 bits per heavy atom. The fourth-order valence-corrected chi connectivity index (χ4v) is 4.66. The maximum absolute atomic E-state index is 13.8. The lowest BCUT2D eigenvalue weighted by Gasteiger charge is -2.38. The first-order valence-corrected chi connectivity index (χ1v) is 10.0. The molecule has 0 amide bonds. The first-order chi connectivity index (χ1) is 13.5. The Bertz CT molecular complexity index is 902. The van der Waals surface area contributed by atoms with Crippen LogP contribution in [0.15, 0.2) is 46.5 Å². The maximum Gasteiger partial charge on any atom is 0.270 e. The van der Waals surface area contributed by atoms with Crippen LogP contribution in [0.3, 0.4) is 0 Å². The number of nitrogens with one attached hydrogen (secondary N) is 1. The minimum absolute atomic E-state index is 0.0950. The Labute approximate surface area is 162 Å². The second-order valence-electron chi connectivity index (χ2n) is 7.87. The minimum Gasteiger partial charge on any atom is -0.356 e. The van der Waals surface area contributed by atoms with Crippen molar-refractivity contribution in [2.24, 2.45) is 11.8 Å². The van der Waals surface area contributed by atoms with Crippen molar-refractivity contribution in [3.8, 4) is 0 Å². The lowest BCUT2D eigenvalue weighted by Crippen LogP contribution is -2.40. The number of hydrogen-bond acceptors (Lipinski definition) is 3. The predicted octanol–water partition coefficient (Wildman–Crippen LogP) is 5.60. The largest absolute Gasteiger partial charge is 0.356 e. The number of rotatable bonds is 5. The molecule has 0 saturated carbocycles. The van der Waals surface area contributed by atoms with Gasteiger partial charge in [-0.05, 0) is 67.6 Å². The Kier molecular flexibility index (Phi) is 5.32. The number of halogens is 3. The number of allylic oxidation sites excluding steroid dienone is 4. The van der Waals surface area contributed by atoms with E-state index in [1.54, 1.807) is 18.2 Å². The smallest absolute Gasteiger partial charge is 0.270 e. The van der Waals surface area contributed by atoms with Gasteiger partial charge in [0.15, 0.2) is 5.58 Å². The Balaban J connectivity index is 1.69. The van der Waals surface area contributed by atoms with E-state index in [4.69, 9.17) is 4.52 Å².